The number of rotatable bonds is 6. The summed E-state index contributed by atoms with van der Waals surface area (Å²) in [6.07, 6.45) is 2.96. The molecule has 2 atom stereocenters. The van der Waals surface area contributed by atoms with Crippen LogP contribution >= 0.6 is 24.0 Å². The summed E-state index contributed by atoms with van der Waals surface area (Å²) in [6, 6.07) is 10.6. The van der Waals surface area contributed by atoms with Crippen molar-refractivity contribution >= 4 is 39.8 Å². The fourth-order valence-corrected chi connectivity index (χ4v) is 5.43. The quantitative estimate of drug-likeness (QED) is 0.348. The molecule has 152 valence electrons. The summed E-state index contributed by atoms with van der Waals surface area (Å²) >= 11 is 0. The van der Waals surface area contributed by atoms with Crippen molar-refractivity contribution in [1.82, 2.24) is 15.5 Å². The second-order valence-electron chi connectivity index (χ2n) is 7.39. The zero-order chi connectivity index (χ0) is 18.4. The Bertz CT molecular complexity index is 712. The van der Waals surface area contributed by atoms with Gasteiger partial charge >= 0.3 is 0 Å². The van der Waals surface area contributed by atoms with E-state index in [1.54, 1.807) is 7.05 Å². The lowest BCUT2D eigenvalue weighted by atomic mass is 10.1. The molecule has 1 aromatic carbocycles. The van der Waals surface area contributed by atoms with E-state index < -0.39 is 9.84 Å². The molecule has 0 radical (unpaired) electrons. The molecule has 2 aliphatic rings. The van der Waals surface area contributed by atoms with Gasteiger partial charge < -0.3 is 15.5 Å². The third kappa shape index (κ3) is 7.23. The number of sulfone groups is 1. The predicted molar refractivity (Wildman–Crippen MR) is 122 cm³/mol. The summed E-state index contributed by atoms with van der Waals surface area (Å²) in [5.41, 5.74) is 1.39. The van der Waals surface area contributed by atoms with Crippen molar-refractivity contribution in [3.63, 3.8) is 0 Å². The van der Waals surface area contributed by atoms with Gasteiger partial charge in [0, 0.05) is 32.7 Å². The minimum absolute atomic E-state index is 0. The number of benzene rings is 1. The molecule has 2 aliphatic heterocycles. The van der Waals surface area contributed by atoms with E-state index in [1.165, 1.54) is 12.0 Å². The highest BCUT2D eigenvalue weighted by Gasteiger charge is 2.28. The minimum Gasteiger partial charge on any atom is -0.356 e. The number of nitrogens with one attached hydrogen (secondary N) is 2. The lowest BCUT2D eigenvalue weighted by Crippen LogP contribution is -2.45. The van der Waals surface area contributed by atoms with Crippen molar-refractivity contribution in [1.29, 1.82) is 0 Å². The minimum atomic E-state index is -2.87. The number of hydrogen-bond donors (Lipinski definition) is 2. The molecule has 8 heteroatoms. The van der Waals surface area contributed by atoms with Gasteiger partial charge in [0.2, 0.25) is 0 Å². The van der Waals surface area contributed by atoms with Gasteiger partial charge in [-0.3, -0.25) is 4.99 Å². The molecule has 0 aliphatic carbocycles. The van der Waals surface area contributed by atoms with E-state index in [-0.39, 0.29) is 41.5 Å². The van der Waals surface area contributed by atoms with E-state index in [9.17, 15) is 8.42 Å². The largest absolute Gasteiger partial charge is 0.356 e. The standard InChI is InChI=1S/C19H30N4O2S.HI/c1-20-19(22-18-9-12-26(24,25)15-18)21-13-17-8-11-23(14-17)10-7-16-5-3-2-4-6-16;/h2-6,17-18H,7-15H2,1H3,(H2,20,21,22);1H. The van der Waals surface area contributed by atoms with E-state index in [0.717, 1.165) is 38.6 Å². The number of guanidine groups is 1. The molecule has 2 fully saturated rings. The summed E-state index contributed by atoms with van der Waals surface area (Å²) < 4.78 is 23.1. The van der Waals surface area contributed by atoms with Gasteiger partial charge in [-0.2, -0.15) is 0 Å². The normalized spacial score (nSPS) is 25.1. The zero-order valence-electron chi connectivity index (χ0n) is 15.9. The molecule has 27 heavy (non-hydrogen) atoms. The highest BCUT2D eigenvalue weighted by atomic mass is 127. The van der Waals surface area contributed by atoms with Gasteiger partial charge in [-0.05, 0) is 37.3 Å². The van der Waals surface area contributed by atoms with E-state index in [0.29, 0.717) is 12.3 Å². The Morgan fingerprint density at radius 3 is 2.70 bits per heavy atom. The van der Waals surface area contributed by atoms with Gasteiger partial charge in [0.05, 0.1) is 11.5 Å². The molecular formula is C19H31IN4O2S. The molecule has 2 heterocycles. The maximum Gasteiger partial charge on any atom is 0.191 e. The second-order valence-corrected chi connectivity index (χ2v) is 9.62. The van der Waals surface area contributed by atoms with Crippen molar-refractivity contribution in [2.45, 2.75) is 25.3 Å². The molecule has 0 bridgehead atoms. The summed E-state index contributed by atoms with van der Waals surface area (Å²) in [4.78, 5) is 6.77. The van der Waals surface area contributed by atoms with Crippen LogP contribution in [-0.2, 0) is 16.3 Å². The summed E-state index contributed by atoms with van der Waals surface area (Å²) in [5.74, 6) is 1.82. The van der Waals surface area contributed by atoms with Gasteiger partial charge in [-0.25, -0.2) is 8.42 Å². The molecule has 3 rings (SSSR count). The topological polar surface area (TPSA) is 73.8 Å². The SMILES string of the molecule is CN=C(NCC1CCN(CCc2ccccc2)C1)NC1CCS(=O)(=O)C1.I. The van der Waals surface area contributed by atoms with Gasteiger partial charge in [-0.15, -0.1) is 24.0 Å². The highest BCUT2D eigenvalue weighted by molar-refractivity contribution is 14.0. The van der Waals surface area contributed by atoms with E-state index in [4.69, 9.17) is 0 Å². The number of halogens is 1. The Kier molecular flexibility index (Phi) is 8.81. The third-order valence-electron chi connectivity index (χ3n) is 5.28. The second kappa shape index (κ2) is 10.6. The fraction of sp³-hybridized carbons (Fsp3) is 0.632. The lowest BCUT2D eigenvalue weighted by molar-refractivity contribution is 0.328. The van der Waals surface area contributed by atoms with E-state index >= 15 is 0 Å². The first-order valence-electron chi connectivity index (χ1n) is 9.48. The predicted octanol–water partition coefficient (Wildman–Crippen LogP) is 1.52. The van der Waals surface area contributed by atoms with Crippen LogP contribution in [0.15, 0.2) is 35.3 Å². The smallest absolute Gasteiger partial charge is 0.191 e. The highest BCUT2D eigenvalue weighted by Crippen LogP contribution is 2.16. The molecule has 0 saturated carbocycles. The number of hydrogen-bond acceptors (Lipinski definition) is 4. The Balaban J connectivity index is 0.00000261. The van der Waals surface area contributed by atoms with Crippen molar-refractivity contribution < 1.29 is 8.42 Å². The lowest BCUT2D eigenvalue weighted by Gasteiger charge is -2.19. The first kappa shape index (κ1) is 22.4. The zero-order valence-corrected chi connectivity index (χ0v) is 19.1. The van der Waals surface area contributed by atoms with Crippen LogP contribution in [0.2, 0.25) is 0 Å². The Morgan fingerprint density at radius 1 is 1.26 bits per heavy atom. The molecule has 2 unspecified atom stereocenters. The number of likely N-dealkylation sites (tertiary alicyclic amines) is 1. The Morgan fingerprint density at radius 2 is 2.04 bits per heavy atom. The molecular weight excluding hydrogens is 475 g/mol. The molecule has 2 saturated heterocycles. The van der Waals surface area contributed by atoms with Crippen molar-refractivity contribution in [3.8, 4) is 0 Å². The van der Waals surface area contributed by atoms with Crippen molar-refractivity contribution in [2.75, 3.05) is 44.7 Å². The molecule has 6 nitrogen and oxygen atoms in total. The first-order chi connectivity index (χ1) is 12.5. The van der Waals surface area contributed by atoms with Gasteiger partial charge in [0.25, 0.3) is 0 Å². The van der Waals surface area contributed by atoms with Crippen LogP contribution in [0.1, 0.15) is 18.4 Å². The fourth-order valence-electron chi connectivity index (χ4n) is 3.75. The molecule has 1 aromatic rings. The maximum absolute atomic E-state index is 11.6. The van der Waals surface area contributed by atoms with Crippen LogP contribution in [-0.4, -0.2) is 70.1 Å². The van der Waals surface area contributed by atoms with Gasteiger partial charge in [0.1, 0.15) is 0 Å². The summed E-state index contributed by atoms with van der Waals surface area (Å²) in [6.45, 7) is 4.23. The Hall–Kier alpha value is -0.870. The van der Waals surface area contributed by atoms with Crippen molar-refractivity contribution in [2.24, 2.45) is 10.9 Å². The van der Waals surface area contributed by atoms with Crippen LogP contribution in [0.3, 0.4) is 0 Å². The van der Waals surface area contributed by atoms with Crippen LogP contribution in [0.4, 0.5) is 0 Å². The number of aliphatic imine (C=N–C) groups is 1. The molecule has 0 amide bonds. The molecule has 0 spiro atoms. The summed E-state index contributed by atoms with van der Waals surface area (Å²) in [5, 5.41) is 6.63. The molecule has 0 aromatic heterocycles. The Labute approximate surface area is 180 Å². The van der Waals surface area contributed by atoms with Crippen LogP contribution in [0.25, 0.3) is 0 Å². The average molecular weight is 506 g/mol. The average Bonchev–Trinajstić information content (AvgIpc) is 3.23. The first-order valence-corrected chi connectivity index (χ1v) is 11.3. The maximum atomic E-state index is 11.6. The third-order valence-corrected chi connectivity index (χ3v) is 7.05. The number of nitrogens with zero attached hydrogens (tertiary/aromatic N) is 2. The van der Waals surface area contributed by atoms with Crippen LogP contribution in [0.5, 0.6) is 0 Å². The van der Waals surface area contributed by atoms with E-state index in [2.05, 4.69) is 50.9 Å². The molecule has 2 N–H and O–H groups in total. The van der Waals surface area contributed by atoms with Gasteiger partial charge in [-0.1, -0.05) is 30.3 Å². The van der Waals surface area contributed by atoms with Crippen LogP contribution < -0.4 is 10.6 Å². The van der Waals surface area contributed by atoms with Crippen LogP contribution in [0, 0.1) is 5.92 Å². The summed E-state index contributed by atoms with van der Waals surface area (Å²) in [7, 11) is -1.13. The van der Waals surface area contributed by atoms with E-state index in [1.807, 2.05) is 0 Å². The van der Waals surface area contributed by atoms with Crippen molar-refractivity contribution in [3.05, 3.63) is 35.9 Å². The van der Waals surface area contributed by atoms with Gasteiger partial charge in [0.15, 0.2) is 15.8 Å². The monoisotopic (exact) mass is 506 g/mol.